The molecule has 1 aliphatic heterocycles. The third-order valence-electron chi connectivity index (χ3n) is 6.57. The van der Waals surface area contributed by atoms with Crippen molar-refractivity contribution in [1.29, 1.82) is 0 Å². The fourth-order valence-electron chi connectivity index (χ4n) is 4.59. The summed E-state index contributed by atoms with van der Waals surface area (Å²) < 4.78 is 16.6. The molecule has 1 amide bonds. The fraction of sp³-hybridized carbons (Fsp3) is 0.480. The Morgan fingerprint density at radius 1 is 1.30 bits per heavy atom. The van der Waals surface area contributed by atoms with Crippen LogP contribution in [-0.2, 0) is 9.53 Å². The Hall–Kier alpha value is -3.13. The van der Waals surface area contributed by atoms with E-state index in [4.69, 9.17) is 19.7 Å². The number of methoxy groups -OCH3 is 1. The molecule has 0 aliphatic carbocycles. The molecule has 0 saturated carbocycles. The lowest BCUT2D eigenvalue weighted by atomic mass is 9.95. The Labute approximate surface area is 194 Å². The number of carbonyl (C=O) groups excluding carboxylic acids is 1. The van der Waals surface area contributed by atoms with Gasteiger partial charge in [0.15, 0.2) is 0 Å². The van der Waals surface area contributed by atoms with Crippen molar-refractivity contribution in [2.45, 2.75) is 53.0 Å². The number of ether oxygens (including phenoxy) is 2. The number of aryl methyl sites for hydroxylation is 2. The summed E-state index contributed by atoms with van der Waals surface area (Å²) in [5, 5.41) is 4.86. The second-order valence-corrected chi connectivity index (χ2v) is 8.68. The molecule has 1 saturated heterocycles. The minimum atomic E-state index is -0.0844. The van der Waals surface area contributed by atoms with Gasteiger partial charge in [-0.2, -0.15) is 0 Å². The van der Waals surface area contributed by atoms with E-state index in [0.717, 1.165) is 34.1 Å². The molecule has 8 nitrogen and oxygen atoms in total. The first-order valence-corrected chi connectivity index (χ1v) is 11.5. The van der Waals surface area contributed by atoms with Gasteiger partial charge in [-0.3, -0.25) is 9.78 Å². The van der Waals surface area contributed by atoms with E-state index in [1.165, 1.54) is 0 Å². The second kappa shape index (κ2) is 9.39. The fourth-order valence-corrected chi connectivity index (χ4v) is 4.59. The number of aromatic nitrogens is 2. The van der Waals surface area contributed by atoms with E-state index in [0.29, 0.717) is 48.9 Å². The molecule has 176 valence electrons. The molecular formula is C25H32N4O4. The molecule has 0 unspecified atom stereocenters. The van der Waals surface area contributed by atoms with Gasteiger partial charge in [0.2, 0.25) is 5.91 Å². The van der Waals surface area contributed by atoms with Crippen LogP contribution in [0.4, 0.5) is 11.4 Å². The largest absolute Gasteiger partial charge is 0.496 e. The van der Waals surface area contributed by atoms with Gasteiger partial charge in [0.1, 0.15) is 11.5 Å². The molecular weight excluding hydrogens is 420 g/mol. The minimum Gasteiger partial charge on any atom is -0.496 e. The quantitative estimate of drug-likeness (QED) is 0.580. The van der Waals surface area contributed by atoms with Crippen molar-refractivity contribution >= 4 is 28.2 Å². The third-order valence-corrected chi connectivity index (χ3v) is 6.57. The molecule has 1 aliphatic rings. The minimum absolute atomic E-state index is 0.0264. The normalized spacial score (nSPS) is 15.5. The lowest BCUT2D eigenvalue weighted by molar-refractivity contribution is -0.125. The molecule has 1 fully saturated rings. The molecule has 8 heteroatoms. The molecule has 33 heavy (non-hydrogen) atoms. The highest BCUT2D eigenvalue weighted by molar-refractivity contribution is 6.09. The zero-order chi connectivity index (χ0) is 23.7. The van der Waals surface area contributed by atoms with E-state index in [9.17, 15) is 4.79 Å². The Morgan fingerprint density at radius 2 is 2.03 bits per heavy atom. The first-order valence-electron chi connectivity index (χ1n) is 11.5. The summed E-state index contributed by atoms with van der Waals surface area (Å²) in [5.74, 6) is 1.35. The van der Waals surface area contributed by atoms with Gasteiger partial charge in [0, 0.05) is 36.1 Å². The van der Waals surface area contributed by atoms with Crippen LogP contribution in [0.2, 0.25) is 0 Å². The van der Waals surface area contributed by atoms with Crippen LogP contribution in [0.3, 0.4) is 0 Å². The van der Waals surface area contributed by atoms with Crippen molar-refractivity contribution in [3.8, 4) is 16.9 Å². The van der Waals surface area contributed by atoms with Crippen molar-refractivity contribution in [2.75, 3.05) is 31.0 Å². The van der Waals surface area contributed by atoms with Crippen LogP contribution in [0.25, 0.3) is 22.0 Å². The highest BCUT2D eigenvalue weighted by Gasteiger charge is 2.32. The Bertz CT molecular complexity index is 1150. The predicted octanol–water partition coefficient (Wildman–Crippen LogP) is 4.66. The van der Waals surface area contributed by atoms with Gasteiger partial charge in [-0.25, -0.2) is 0 Å². The van der Waals surface area contributed by atoms with E-state index < -0.39 is 0 Å². The number of pyridine rings is 1. The lowest BCUT2D eigenvalue weighted by Gasteiger charge is -2.35. The Morgan fingerprint density at radius 3 is 2.64 bits per heavy atom. The number of amides is 1. The van der Waals surface area contributed by atoms with E-state index in [-0.39, 0.29) is 17.9 Å². The molecule has 0 spiro atoms. The molecule has 3 aromatic rings. The number of fused-ring (bicyclic) bond motifs is 1. The van der Waals surface area contributed by atoms with Crippen LogP contribution in [0.15, 0.2) is 22.9 Å². The van der Waals surface area contributed by atoms with Gasteiger partial charge in [0.25, 0.3) is 0 Å². The molecule has 2 N–H and O–H groups in total. The first kappa shape index (κ1) is 23.0. The van der Waals surface area contributed by atoms with E-state index in [1.54, 1.807) is 13.3 Å². The van der Waals surface area contributed by atoms with Gasteiger partial charge in [-0.15, -0.1) is 0 Å². The van der Waals surface area contributed by atoms with E-state index in [1.807, 2.05) is 30.9 Å². The maximum atomic E-state index is 13.7. The number of nitrogens with two attached hydrogens (primary N) is 1. The average molecular weight is 453 g/mol. The average Bonchev–Trinajstić information content (AvgIpc) is 3.17. The van der Waals surface area contributed by atoms with Gasteiger partial charge in [-0.05, 0) is 52.2 Å². The van der Waals surface area contributed by atoms with Crippen LogP contribution in [0.5, 0.6) is 5.75 Å². The summed E-state index contributed by atoms with van der Waals surface area (Å²) in [6.07, 6.45) is 3.86. The molecule has 4 rings (SSSR count). The highest BCUT2D eigenvalue weighted by Crippen LogP contribution is 2.42. The van der Waals surface area contributed by atoms with Gasteiger partial charge >= 0.3 is 0 Å². The standard InChI is InChI=1S/C25H32N4O4/c1-6-14(2)29(25(30)17-7-9-32-10-8-17)24-18-12-22(31-5)19(11-21(18)27-13-20(24)26)23-15(3)28-33-16(23)4/h11-14,17H,6-10,26H2,1-5H3/t14-/m1/s1. The van der Waals surface area contributed by atoms with Crippen molar-refractivity contribution in [3.05, 3.63) is 29.8 Å². The number of anilines is 2. The predicted molar refractivity (Wildman–Crippen MR) is 128 cm³/mol. The zero-order valence-corrected chi connectivity index (χ0v) is 20.0. The summed E-state index contributed by atoms with van der Waals surface area (Å²) in [5.41, 5.74) is 10.9. The number of nitrogen functional groups attached to an aromatic ring is 1. The highest BCUT2D eigenvalue weighted by atomic mass is 16.5. The number of rotatable bonds is 6. The van der Waals surface area contributed by atoms with Crippen LogP contribution >= 0.6 is 0 Å². The zero-order valence-electron chi connectivity index (χ0n) is 20.0. The molecule has 1 aromatic carbocycles. The van der Waals surface area contributed by atoms with Crippen LogP contribution in [0.1, 0.15) is 44.6 Å². The number of benzene rings is 1. The molecule has 1 atom stereocenters. The SMILES string of the molecule is CC[C@@H](C)N(C(=O)C1CCOCC1)c1c(N)cnc2cc(-c3c(C)noc3C)c(OC)cc12. The Kier molecular flexibility index (Phi) is 6.56. The van der Waals surface area contributed by atoms with Crippen molar-refractivity contribution in [1.82, 2.24) is 10.1 Å². The summed E-state index contributed by atoms with van der Waals surface area (Å²) in [6, 6.07) is 3.85. The van der Waals surface area contributed by atoms with Gasteiger partial charge < -0.3 is 24.6 Å². The van der Waals surface area contributed by atoms with Crippen molar-refractivity contribution in [3.63, 3.8) is 0 Å². The first-order chi connectivity index (χ1) is 15.9. The van der Waals surface area contributed by atoms with Crippen molar-refractivity contribution in [2.24, 2.45) is 5.92 Å². The molecule has 2 aromatic heterocycles. The smallest absolute Gasteiger partial charge is 0.230 e. The summed E-state index contributed by atoms with van der Waals surface area (Å²) in [7, 11) is 1.63. The van der Waals surface area contributed by atoms with E-state index >= 15 is 0 Å². The maximum absolute atomic E-state index is 13.7. The third kappa shape index (κ3) is 4.15. The number of carbonyl (C=O) groups is 1. The number of hydrogen-bond donors (Lipinski definition) is 1. The summed E-state index contributed by atoms with van der Waals surface area (Å²) >= 11 is 0. The molecule has 0 radical (unpaired) electrons. The van der Waals surface area contributed by atoms with Crippen LogP contribution < -0.4 is 15.4 Å². The van der Waals surface area contributed by atoms with E-state index in [2.05, 4.69) is 24.0 Å². The summed E-state index contributed by atoms with van der Waals surface area (Å²) in [6.45, 7) is 9.10. The number of nitrogens with zero attached hydrogens (tertiary/aromatic N) is 3. The maximum Gasteiger partial charge on any atom is 0.230 e. The van der Waals surface area contributed by atoms with Crippen LogP contribution in [0, 0.1) is 19.8 Å². The Balaban J connectivity index is 1.92. The lowest BCUT2D eigenvalue weighted by Crippen LogP contribution is -2.44. The topological polar surface area (TPSA) is 104 Å². The van der Waals surface area contributed by atoms with Crippen molar-refractivity contribution < 1.29 is 18.8 Å². The second-order valence-electron chi connectivity index (χ2n) is 8.68. The van der Waals surface area contributed by atoms with Gasteiger partial charge in [-0.1, -0.05) is 12.1 Å². The van der Waals surface area contributed by atoms with Gasteiger partial charge in [0.05, 0.1) is 41.5 Å². The monoisotopic (exact) mass is 452 g/mol. The summed E-state index contributed by atoms with van der Waals surface area (Å²) in [4.78, 5) is 20.2. The molecule has 3 heterocycles. The van der Waals surface area contributed by atoms with Crippen LogP contribution in [-0.4, -0.2) is 42.4 Å². The molecule has 0 bridgehead atoms. The number of hydrogen-bond acceptors (Lipinski definition) is 7.